The summed E-state index contributed by atoms with van der Waals surface area (Å²) in [6.07, 6.45) is 12.8. The van der Waals surface area contributed by atoms with Crippen molar-refractivity contribution in [3.05, 3.63) is 47.6 Å². The first-order valence-electron chi connectivity index (χ1n) is 14.4. The molecule has 2 aliphatic carbocycles. The van der Waals surface area contributed by atoms with E-state index in [2.05, 4.69) is 6.08 Å². The van der Waals surface area contributed by atoms with Crippen molar-refractivity contribution in [2.24, 2.45) is 11.3 Å². The second-order valence-electron chi connectivity index (χ2n) is 11.0. The first-order valence-corrected chi connectivity index (χ1v) is 14.4. The summed E-state index contributed by atoms with van der Waals surface area (Å²) >= 11 is 0. The normalized spacial score (nSPS) is 25.2. The van der Waals surface area contributed by atoms with Crippen molar-refractivity contribution >= 4 is 23.7 Å². The smallest absolute Gasteiger partial charge is 0.318 e. The third kappa shape index (κ3) is 5.54. The molecule has 0 radical (unpaired) electrons. The molecule has 0 unspecified atom stereocenters. The van der Waals surface area contributed by atoms with E-state index in [0.717, 1.165) is 25.0 Å². The second-order valence-corrected chi connectivity index (χ2v) is 11.0. The molecule has 210 valence electrons. The number of amides is 3. The number of rotatable bonds is 8. The van der Waals surface area contributed by atoms with Gasteiger partial charge in [-0.25, -0.2) is 0 Å². The van der Waals surface area contributed by atoms with Gasteiger partial charge in [0.2, 0.25) is 11.8 Å². The Morgan fingerprint density at radius 1 is 1.08 bits per heavy atom. The summed E-state index contributed by atoms with van der Waals surface area (Å²) in [7, 11) is 0. The first-order chi connectivity index (χ1) is 18.9. The summed E-state index contributed by atoms with van der Waals surface area (Å²) in [6.45, 7) is 4.21. The highest BCUT2D eigenvalue weighted by molar-refractivity contribution is 5.93. The van der Waals surface area contributed by atoms with Gasteiger partial charge in [-0.05, 0) is 70.4 Å². The van der Waals surface area contributed by atoms with E-state index in [-0.39, 0.29) is 42.5 Å². The lowest BCUT2D eigenvalue weighted by Gasteiger charge is -2.44. The zero-order chi connectivity index (χ0) is 27.4. The zero-order valence-electron chi connectivity index (χ0n) is 22.9. The Labute approximate surface area is 229 Å². The number of likely N-dealkylation sites (tertiary alicyclic amines) is 1. The van der Waals surface area contributed by atoms with Gasteiger partial charge in [-0.1, -0.05) is 17.7 Å². The van der Waals surface area contributed by atoms with Crippen LogP contribution < -0.4 is 0 Å². The Balaban J connectivity index is 1.28. The van der Waals surface area contributed by atoms with Gasteiger partial charge >= 0.3 is 5.97 Å². The number of carbonyl (C=O) groups is 4. The lowest BCUT2D eigenvalue weighted by molar-refractivity contribution is -0.161. The van der Waals surface area contributed by atoms with Crippen molar-refractivity contribution in [3.8, 4) is 0 Å². The molecule has 0 saturated carbocycles. The molecule has 0 bridgehead atoms. The lowest BCUT2D eigenvalue weighted by atomic mass is 9.71. The number of piperidine rings is 1. The molecule has 1 aromatic rings. The van der Waals surface area contributed by atoms with Gasteiger partial charge in [-0.3, -0.25) is 19.2 Å². The summed E-state index contributed by atoms with van der Waals surface area (Å²) < 4.78 is 10.8. The molecular weight excluding hydrogens is 498 g/mol. The third-order valence-corrected chi connectivity index (χ3v) is 8.68. The lowest BCUT2D eigenvalue weighted by Crippen LogP contribution is -2.54. The number of piperazine rings is 1. The Bertz CT molecular complexity index is 1150. The minimum absolute atomic E-state index is 0.0542. The number of nitrogens with zero attached hydrogens (tertiary/aromatic N) is 3. The van der Waals surface area contributed by atoms with Crippen LogP contribution in [0.4, 0.5) is 0 Å². The fourth-order valence-electron chi connectivity index (χ4n) is 6.59. The van der Waals surface area contributed by atoms with Crippen molar-refractivity contribution in [1.29, 1.82) is 0 Å². The number of esters is 1. The van der Waals surface area contributed by atoms with Crippen LogP contribution in [0.15, 0.2) is 46.2 Å². The third-order valence-electron chi connectivity index (χ3n) is 8.68. The molecule has 1 aromatic heterocycles. The van der Waals surface area contributed by atoms with E-state index < -0.39 is 11.3 Å². The van der Waals surface area contributed by atoms with Gasteiger partial charge in [-0.15, -0.1) is 0 Å². The van der Waals surface area contributed by atoms with Crippen LogP contribution in [0.1, 0.15) is 75.3 Å². The van der Waals surface area contributed by atoms with Gasteiger partial charge in [0.15, 0.2) is 5.76 Å². The van der Waals surface area contributed by atoms with Crippen LogP contribution in [-0.4, -0.2) is 77.7 Å². The molecule has 5 rings (SSSR count). The van der Waals surface area contributed by atoms with E-state index in [1.165, 1.54) is 24.7 Å². The van der Waals surface area contributed by atoms with Gasteiger partial charge in [0.1, 0.15) is 5.41 Å². The first kappa shape index (κ1) is 27.2. The van der Waals surface area contributed by atoms with Crippen LogP contribution in [0, 0.1) is 11.3 Å². The maximum atomic E-state index is 13.8. The van der Waals surface area contributed by atoms with Crippen molar-refractivity contribution in [2.75, 3.05) is 39.3 Å². The predicted octanol–water partition coefficient (Wildman–Crippen LogP) is 3.92. The number of hydrogen-bond acceptors (Lipinski definition) is 6. The van der Waals surface area contributed by atoms with E-state index in [0.29, 0.717) is 52.0 Å². The quantitative estimate of drug-likeness (QED) is 0.368. The minimum Gasteiger partial charge on any atom is -0.465 e. The average Bonchev–Trinajstić information content (AvgIpc) is 3.65. The molecular formula is C30H39N3O6. The summed E-state index contributed by atoms with van der Waals surface area (Å²) in [5.41, 5.74) is 1.27. The molecule has 0 aromatic carbocycles. The maximum Gasteiger partial charge on any atom is 0.318 e. The molecule has 3 amide bonds. The highest BCUT2D eigenvalue weighted by Crippen LogP contribution is 2.51. The topological polar surface area (TPSA) is 100 Å². The SMILES string of the molecule is CCOC(=O)[C@]12CCC=C1N(CCC1=CCCCC1)C(=O)[C@H](CC(=O)N1CCN(C(=O)c3ccco3)CC1)C2. The maximum absolute atomic E-state index is 13.8. The average molecular weight is 538 g/mol. The Morgan fingerprint density at radius 2 is 1.87 bits per heavy atom. The van der Waals surface area contributed by atoms with Gasteiger partial charge in [0.25, 0.3) is 5.91 Å². The van der Waals surface area contributed by atoms with Crippen LogP contribution in [0.3, 0.4) is 0 Å². The highest BCUT2D eigenvalue weighted by atomic mass is 16.5. The van der Waals surface area contributed by atoms with Crippen molar-refractivity contribution in [1.82, 2.24) is 14.7 Å². The second kappa shape index (κ2) is 11.8. The van der Waals surface area contributed by atoms with Gasteiger partial charge in [0.05, 0.1) is 12.9 Å². The fourth-order valence-corrected chi connectivity index (χ4v) is 6.59. The molecule has 2 fully saturated rings. The number of furan rings is 1. The summed E-state index contributed by atoms with van der Waals surface area (Å²) in [5.74, 6) is -0.949. The van der Waals surface area contributed by atoms with Crippen molar-refractivity contribution in [3.63, 3.8) is 0 Å². The van der Waals surface area contributed by atoms with Crippen LogP contribution in [0.5, 0.6) is 0 Å². The zero-order valence-corrected chi connectivity index (χ0v) is 22.9. The Morgan fingerprint density at radius 3 is 2.56 bits per heavy atom. The van der Waals surface area contributed by atoms with E-state index >= 15 is 0 Å². The molecule has 2 aliphatic heterocycles. The van der Waals surface area contributed by atoms with Gasteiger partial charge in [-0.2, -0.15) is 0 Å². The van der Waals surface area contributed by atoms with Crippen molar-refractivity contribution in [2.45, 2.75) is 64.7 Å². The van der Waals surface area contributed by atoms with Gasteiger partial charge < -0.3 is 23.9 Å². The van der Waals surface area contributed by atoms with Crippen LogP contribution in [-0.2, 0) is 19.1 Å². The fraction of sp³-hybridized carbons (Fsp3) is 0.600. The van der Waals surface area contributed by atoms with E-state index in [4.69, 9.17) is 9.15 Å². The number of allylic oxidation sites excluding steroid dienone is 2. The molecule has 39 heavy (non-hydrogen) atoms. The molecule has 4 aliphatic rings. The number of hydrogen-bond donors (Lipinski definition) is 0. The largest absolute Gasteiger partial charge is 0.465 e. The Hall–Kier alpha value is -3.36. The van der Waals surface area contributed by atoms with Crippen molar-refractivity contribution < 1.29 is 28.3 Å². The van der Waals surface area contributed by atoms with E-state index in [1.54, 1.807) is 33.8 Å². The molecule has 9 heteroatoms. The minimum atomic E-state index is -0.871. The van der Waals surface area contributed by atoms with Crippen LogP contribution >= 0.6 is 0 Å². The summed E-state index contributed by atoms with van der Waals surface area (Å²) in [6, 6.07) is 3.31. The number of ether oxygens (including phenoxy) is 1. The highest BCUT2D eigenvalue weighted by Gasteiger charge is 2.55. The molecule has 0 N–H and O–H groups in total. The number of carbonyl (C=O) groups excluding carboxylic acids is 4. The molecule has 3 heterocycles. The summed E-state index contributed by atoms with van der Waals surface area (Å²) in [5, 5.41) is 0. The molecule has 9 nitrogen and oxygen atoms in total. The van der Waals surface area contributed by atoms with Gasteiger partial charge in [0, 0.05) is 50.8 Å². The Kier molecular flexibility index (Phi) is 8.23. The standard InChI is InChI=1S/C30H39N3O6/c1-2-38-29(37)30-13-6-11-25(30)33(14-12-22-8-4-3-5-9-22)27(35)23(21-30)20-26(34)31-15-17-32(18-16-31)28(36)24-10-7-19-39-24/h7-8,10-11,19,23H,2-6,9,12-18,20-21H2,1H3/t23-,30+/m1/s1. The van der Waals surface area contributed by atoms with Crippen LogP contribution in [0.2, 0.25) is 0 Å². The predicted molar refractivity (Wildman–Crippen MR) is 143 cm³/mol. The van der Waals surface area contributed by atoms with E-state index in [9.17, 15) is 19.2 Å². The van der Waals surface area contributed by atoms with E-state index in [1.807, 2.05) is 6.08 Å². The molecule has 2 atom stereocenters. The summed E-state index contributed by atoms with van der Waals surface area (Å²) in [4.78, 5) is 58.4. The number of fused-ring (bicyclic) bond motifs is 1. The van der Waals surface area contributed by atoms with Crippen LogP contribution in [0.25, 0.3) is 0 Å². The monoisotopic (exact) mass is 537 g/mol. The molecule has 0 spiro atoms. The molecule has 2 saturated heterocycles.